The summed E-state index contributed by atoms with van der Waals surface area (Å²) >= 11 is 0. The van der Waals surface area contributed by atoms with Gasteiger partial charge in [-0.3, -0.25) is 4.79 Å². The number of methoxy groups -OCH3 is 1. The predicted octanol–water partition coefficient (Wildman–Crippen LogP) is 2.38. The van der Waals surface area contributed by atoms with Gasteiger partial charge in [-0.25, -0.2) is 0 Å². The Kier molecular flexibility index (Phi) is 3.48. The number of benzene rings is 1. The Hall–Kier alpha value is -1.35. The number of carbonyl (C=O) groups excluding carboxylic acids is 1. The van der Waals surface area contributed by atoms with Gasteiger partial charge < -0.3 is 9.47 Å². The van der Waals surface area contributed by atoms with Crippen LogP contribution in [0.25, 0.3) is 0 Å². The van der Waals surface area contributed by atoms with Crippen LogP contribution < -0.4 is 4.74 Å². The number of carbonyl (C=O) groups is 1. The van der Waals surface area contributed by atoms with Crippen molar-refractivity contribution in [3.05, 3.63) is 29.8 Å². The topological polar surface area (TPSA) is 35.5 Å². The third kappa shape index (κ3) is 2.50. The molecule has 1 unspecified atom stereocenters. The van der Waals surface area contributed by atoms with Gasteiger partial charge in [0.05, 0.1) is 7.11 Å². The van der Waals surface area contributed by atoms with E-state index in [0.29, 0.717) is 13.0 Å². The second-order valence-electron chi connectivity index (χ2n) is 4.59. The fourth-order valence-corrected chi connectivity index (χ4v) is 2.21. The maximum absolute atomic E-state index is 12.2. The summed E-state index contributed by atoms with van der Waals surface area (Å²) in [5, 5.41) is 0. The summed E-state index contributed by atoms with van der Waals surface area (Å²) in [7, 11) is 1.62. The summed E-state index contributed by atoms with van der Waals surface area (Å²) in [6, 6.07) is 7.62. The smallest absolute Gasteiger partial charge is 0.168 e. The standard InChI is InChI=1S/C14H18O3/c1-14(8-5-9-17-14)13(15)10-11-6-3-4-7-12(11)16-2/h3-4,6-7H,5,8-10H2,1-2H3. The molecule has 0 N–H and O–H groups in total. The summed E-state index contributed by atoms with van der Waals surface area (Å²) in [6.07, 6.45) is 2.16. The van der Waals surface area contributed by atoms with E-state index < -0.39 is 5.60 Å². The van der Waals surface area contributed by atoms with Crippen molar-refractivity contribution in [3.63, 3.8) is 0 Å². The molecule has 0 bridgehead atoms. The summed E-state index contributed by atoms with van der Waals surface area (Å²) in [6.45, 7) is 2.58. The highest BCUT2D eigenvalue weighted by Crippen LogP contribution is 2.28. The molecule has 1 fully saturated rings. The van der Waals surface area contributed by atoms with Crippen molar-refractivity contribution in [2.24, 2.45) is 0 Å². The Bertz CT molecular complexity index is 406. The highest BCUT2D eigenvalue weighted by atomic mass is 16.5. The average Bonchev–Trinajstić information content (AvgIpc) is 2.78. The molecule has 17 heavy (non-hydrogen) atoms. The largest absolute Gasteiger partial charge is 0.496 e. The maximum atomic E-state index is 12.2. The van der Waals surface area contributed by atoms with Gasteiger partial charge in [0, 0.05) is 18.6 Å². The molecule has 2 rings (SSSR count). The third-order valence-corrected chi connectivity index (χ3v) is 3.35. The highest BCUT2D eigenvalue weighted by molar-refractivity contribution is 5.89. The van der Waals surface area contributed by atoms with Gasteiger partial charge in [0.1, 0.15) is 11.4 Å². The van der Waals surface area contributed by atoms with E-state index in [1.165, 1.54) is 0 Å². The van der Waals surface area contributed by atoms with Crippen molar-refractivity contribution < 1.29 is 14.3 Å². The van der Waals surface area contributed by atoms with Crippen LogP contribution >= 0.6 is 0 Å². The zero-order valence-electron chi connectivity index (χ0n) is 10.4. The first kappa shape index (κ1) is 12.1. The molecule has 0 spiro atoms. The monoisotopic (exact) mass is 234 g/mol. The Labute approximate surface area is 102 Å². The van der Waals surface area contributed by atoms with Gasteiger partial charge in [-0.05, 0) is 25.8 Å². The maximum Gasteiger partial charge on any atom is 0.168 e. The minimum atomic E-state index is -0.596. The zero-order chi connectivity index (χ0) is 12.3. The molecule has 1 atom stereocenters. The molecule has 3 nitrogen and oxygen atoms in total. The molecule has 92 valence electrons. The molecule has 0 saturated carbocycles. The lowest BCUT2D eigenvalue weighted by molar-refractivity contribution is -0.136. The molecule has 1 saturated heterocycles. The molecular weight excluding hydrogens is 216 g/mol. The molecule has 1 heterocycles. The van der Waals surface area contributed by atoms with E-state index in [0.717, 1.165) is 24.2 Å². The fourth-order valence-electron chi connectivity index (χ4n) is 2.21. The number of Topliss-reactive ketones (excluding diaryl/α,β-unsaturated/α-hetero) is 1. The molecule has 0 aromatic heterocycles. The lowest BCUT2D eigenvalue weighted by atomic mass is 9.92. The first-order valence-corrected chi connectivity index (χ1v) is 5.95. The molecule has 0 amide bonds. The molecule has 0 aliphatic carbocycles. The van der Waals surface area contributed by atoms with E-state index >= 15 is 0 Å². The van der Waals surface area contributed by atoms with Crippen molar-refractivity contribution in [2.45, 2.75) is 31.8 Å². The minimum Gasteiger partial charge on any atom is -0.496 e. The van der Waals surface area contributed by atoms with Crippen molar-refractivity contribution in [1.82, 2.24) is 0 Å². The van der Waals surface area contributed by atoms with Crippen molar-refractivity contribution in [3.8, 4) is 5.75 Å². The van der Waals surface area contributed by atoms with Crippen LogP contribution in [0, 0.1) is 0 Å². The first-order chi connectivity index (χ1) is 8.15. The van der Waals surface area contributed by atoms with E-state index in [4.69, 9.17) is 9.47 Å². The lowest BCUT2D eigenvalue weighted by Crippen LogP contribution is -2.35. The van der Waals surface area contributed by atoms with E-state index in [-0.39, 0.29) is 5.78 Å². The van der Waals surface area contributed by atoms with Crippen molar-refractivity contribution in [1.29, 1.82) is 0 Å². The zero-order valence-corrected chi connectivity index (χ0v) is 10.4. The fraction of sp³-hybridized carbons (Fsp3) is 0.500. The van der Waals surface area contributed by atoms with Crippen LogP contribution in [-0.4, -0.2) is 25.1 Å². The Balaban J connectivity index is 2.12. The number of hydrogen-bond acceptors (Lipinski definition) is 3. The Morgan fingerprint density at radius 1 is 1.47 bits per heavy atom. The predicted molar refractivity (Wildman–Crippen MR) is 65.3 cm³/mol. The second kappa shape index (κ2) is 4.88. The number of ether oxygens (including phenoxy) is 2. The van der Waals surface area contributed by atoms with Gasteiger partial charge in [-0.15, -0.1) is 0 Å². The van der Waals surface area contributed by atoms with Gasteiger partial charge in [0.25, 0.3) is 0 Å². The van der Waals surface area contributed by atoms with Crippen LogP contribution in [-0.2, 0) is 16.0 Å². The van der Waals surface area contributed by atoms with Crippen molar-refractivity contribution in [2.75, 3.05) is 13.7 Å². The lowest BCUT2D eigenvalue weighted by Gasteiger charge is -2.21. The quantitative estimate of drug-likeness (QED) is 0.802. The SMILES string of the molecule is COc1ccccc1CC(=O)C1(C)CCCO1. The number of rotatable bonds is 4. The van der Waals surface area contributed by atoms with E-state index in [9.17, 15) is 4.79 Å². The number of para-hydroxylation sites is 1. The van der Waals surface area contributed by atoms with E-state index in [2.05, 4.69) is 0 Å². The average molecular weight is 234 g/mol. The minimum absolute atomic E-state index is 0.138. The van der Waals surface area contributed by atoms with Gasteiger partial charge in [-0.1, -0.05) is 18.2 Å². The second-order valence-corrected chi connectivity index (χ2v) is 4.59. The van der Waals surface area contributed by atoms with Crippen LogP contribution in [0.3, 0.4) is 0 Å². The molecule has 0 radical (unpaired) electrons. The summed E-state index contributed by atoms with van der Waals surface area (Å²) in [5.74, 6) is 0.905. The Morgan fingerprint density at radius 3 is 2.88 bits per heavy atom. The summed E-state index contributed by atoms with van der Waals surface area (Å²) in [4.78, 5) is 12.2. The van der Waals surface area contributed by atoms with Crippen LogP contribution in [0.2, 0.25) is 0 Å². The normalized spacial score (nSPS) is 23.6. The van der Waals surface area contributed by atoms with Crippen molar-refractivity contribution >= 4 is 5.78 Å². The van der Waals surface area contributed by atoms with Crippen LogP contribution in [0.5, 0.6) is 5.75 Å². The summed E-state index contributed by atoms with van der Waals surface area (Å²) in [5.41, 5.74) is 0.331. The number of hydrogen-bond donors (Lipinski definition) is 0. The van der Waals surface area contributed by atoms with Gasteiger partial charge in [0.2, 0.25) is 0 Å². The van der Waals surface area contributed by atoms with Crippen LogP contribution in [0.4, 0.5) is 0 Å². The van der Waals surface area contributed by atoms with Gasteiger partial charge >= 0.3 is 0 Å². The molecule has 1 aromatic rings. The molecular formula is C14H18O3. The van der Waals surface area contributed by atoms with Gasteiger partial charge in [-0.2, -0.15) is 0 Å². The highest BCUT2D eigenvalue weighted by Gasteiger charge is 2.37. The molecule has 1 aromatic carbocycles. The van der Waals surface area contributed by atoms with Crippen LogP contribution in [0.15, 0.2) is 24.3 Å². The van der Waals surface area contributed by atoms with E-state index in [1.54, 1.807) is 7.11 Å². The number of ketones is 1. The van der Waals surface area contributed by atoms with E-state index in [1.807, 2.05) is 31.2 Å². The molecule has 1 aliphatic heterocycles. The molecule has 3 heteroatoms. The first-order valence-electron chi connectivity index (χ1n) is 5.95. The Morgan fingerprint density at radius 2 is 2.24 bits per heavy atom. The van der Waals surface area contributed by atoms with Gasteiger partial charge in [0.15, 0.2) is 5.78 Å². The molecule has 1 aliphatic rings. The third-order valence-electron chi connectivity index (χ3n) is 3.35. The summed E-state index contributed by atoms with van der Waals surface area (Å²) < 4.78 is 10.8. The van der Waals surface area contributed by atoms with Crippen LogP contribution in [0.1, 0.15) is 25.3 Å².